The Morgan fingerprint density at radius 1 is 1.19 bits per heavy atom. The Balaban J connectivity index is 2.17. The van der Waals surface area contributed by atoms with E-state index >= 15 is 0 Å². The summed E-state index contributed by atoms with van der Waals surface area (Å²) in [5, 5.41) is 3.15. The van der Waals surface area contributed by atoms with Gasteiger partial charge in [0.25, 0.3) is 0 Å². The number of aryl methyl sites for hydroxylation is 1. The van der Waals surface area contributed by atoms with Crippen LogP contribution in [-0.4, -0.2) is 19.3 Å². The van der Waals surface area contributed by atoms with E-state index in [4.69, 9.17) is 0 Å². The number of alkyl halides is 3. The average molecular weight is 299 g/mol. The zero-order chi connectivity index (χ0) is 15.5. The molecule has 1 aliphatic rings. The summed E-state index contributed by atoms with van der Waals surface area (Å²) < 4.78 is 39.8. The Kier molecular flexibility index (Phi) is 5.31. The molecule has 0 heterocycles. The molecule has 1 fully saturated rings. The number of likely N-dealkylation sites (N-methyl/N-ethyl adjacent to an activating group) is 1. The second kappa shape index (κ2) is 6.82. The van der Waals surface area contributed by atoms with Crippen molar-refractivity contribution in [3.8, 4) is 0 Å². The predicted molar refractivity (Wildman–Crippen MR) is 79.2 cm³/mol. The molecule has 0 saturated heterocycles. The van der Waals surface area contributed by atoms with Crippen LogP contribution in [0.15, 0.2) is 24.3 Å². The lowest BCUT2D eigenvalue weighted by molar-refractivity contribution is -0.199. The van der Waals surface area contributed by atoms with E-state index in [0.29, 0.717) is 19.3 Å². The summed E-state index contributed by atoms with van der Waals surface area (Å²) in [7, 11) is 1.78. The number of hydrogen-bond acceptors (Lipinski definition) is 1. The Bertz CT molecular complexity index is 456. The normalized spacial score (nSPS) is 24.8. The van der Waals surface area contributed by atoms with Gasteiger partial charge in [0.1, 0.15) is 0 Å². The van der Waals surface area contributed by atoms with Crippen LogP contribution in [0.5, 0.6) is 0 Å². The standard InChI is InChI=1S/C17H24F3N/c1-12-7-3-4-8-13(12)11-16(21-2)14-9-5-6-10-15(14)17(18,19)20/h3-4,7-8,14-16,21H,5-6,9-11H2,1-2H3. The third-order valence-corrected chi connectivity index (χ3v) is 4.83. The van der Waals surface area contributed by atoms with E-state index in [0.717, 1.165) is 17.5 Å². The summed E-state index contributed by atoms with van der Waals surface area (Å²) in [4.78, 5) is 0. The maximum Gasteiger partial charge on any atom is 0.392 e. The molecule has 1 saturated carbocycles. The molecule has 0 aromatic heterocycles. The Morgan fingerprint density at radius 3 is 2.48 bits per heavy atom. The van der Waals surface area contributed by atoms with E-state index < -0.39 is 12.1 Å². The van der Waals surface area contributed by atoms with Gasteiger partial charge in [0.15, 0.2) is 0 Å². The second-order valence-corrected chi connectivity index (χ2v) is 6.12. The lowest BCUT2D eigenvalue weighted by Gasteiger charge is -2.38. The van der Waals surface area contributed by atoms with E-state index in [1.54, 1.807) is 7.05 Å². The topological polar surface area (TPSA) is 12.0 Å². The largest absolute Gasteiger partial charge is 0.392 e. The van der Waals surface area contributed by atoms with Crippen molar-refractivity contribution >= 4 is 0 Å². The highest BCUT2D eigenvalue weighted by Crippen LogP contribution is 2.43. The third kappa shape index (κ3) is 4.00. The molecule has 0 bridgehead atoms. The van der Waals surface area contributed by atoms with Crippen LogP contribution in [0.4, 0.5) is 13.2 Å². The summed E-state index contributed by atoms with van der Waals surface area (Å²) in [6, 6.07) is 7.84. The summed E-state index contributed by atoms with van der Waals surface area (Å²) in [5.41, 5.74) is 2.29. The van der Waals surface area contributed by atoms with Gasteiger partial charge in [-0.25, -0.2) is 0 Å². The fourth-order valence-corrected chi connectivity index (χ4v) is 3.59. The van der Waals surface area contributed by atoms with Crippen molar-refractivity contribution in [2.45, 2.75) is 51.2 Å². The minimum Gasteiger partial charge on any atom is -0.316 e. The van der Waals surface area contributed by atoms with Crippen LogP contribution < -0.4 is 5.32 Å². The first-order valence-electron chi connectivity index (χ1n) is 7.72. The molecule has 1 aliphatic carbocycles. The van der Waals surface area contributed by atoms with Gasteiger partial charge in [-0.3, -0.25) is 0 Å². The van der Waals surface area contributed by atoms with Crippen molar-refractivity contribution in [1.82, 2.24) is 5.32 Å². The van der Waals surface area contributed by atoms with Gasteiger partial charge < -0.3 is 5.32 Å². The van der Waals surface area contributed by atoms with Crippen LogP contribution in [-0.2, 0) is 6.42 Å². The van der Waals surface area contributed by atoms with Crippen LogP contribution in [0.1, 0.15) is 36.8 Å². The Hall–Kier alpha value is -1.03. The zero-order valence-corrected chi connectivity index (χ0v) is 12.7. The van der Waals surface area contributed by atoms with Crippen molar-refractivity contribution in [2.75, 3.05) is 7.05 Å². The van der Waals surface area contributed by atoms with E-state index in [1.165, 1.54) is 0 Å². The summed E-state index contributed by atoms with van der Waals surface area (Å²) in [5.74, 6) is -1.48. The van der Waals surface area contributed by atoms with E-state index in [9.17, 15) is 13.2 Å². The molecule has 1 nitrogen and oxygen atoms in total. The highest BCUT2D eigenvalue weighted by atomic mass is 19.4. The fourth-order valence-electron chi connectivity index (χ4n) is 3.59. The van der Waals surface area contributed by atoms with E-state index in [-0.39, 0.29) is 18.4 Å². The highest BCUT2D eigenvalue weighted by Gasteiger charge is 2.47. The lowest BCUT2D eigenvalue weighted by Crippen LogP contribution is -2.45. The van der Waals surface area contributed by atoms with Crippen LogP contribution >= 0.6 is 0 Å². The van der Waals surface area contributed by atoms with Crippen LogP contribution in [0, 0.1) is 18.8 Å². The molecule has 4 heteroatoms. The first kappa shape index (κ1) is 16.3. The third-order valence-electron chi connectivity index (χ3n) is 4.83. The minimum absolute atomic E-state index is 0.113. The SMILES string of the molecule is CNC(Cc1ccccc1C)C1CCCCC1C(F)(F)F. The molecule has 2 rings (SSSR count). The van der Waals surface area contributed by atoms with Gasteiger partial charge in [0, 0.05) is 6.04 Å². The molecule has 1 aromatic rings. The molecule has 3 unspecified atom stereocenters. The van der Waals surface area contributed by atoms with Gasteiger partial charge in [-0.15, -0.1) is 0 Å². The minimum atomic E-state index is -4.08. The number of benzene rings is 1. The number of nitrogens with one attached hydrogen (secondary N) is 1. The molecule has 0 aliphatic heterocycles. The van der Waals surface area contributed by atoms with Gasteiger partial charge in [0.2, 0.25) is 0 Å². The molecular weight excluding hydrogens is 275 g/mol. The summed E-state index contributed by atoms with van der Waals surface area (Å²) >= 11 is 0. The maximum absolute atomic E-state index is 13.3. The molecule has 21 heavy (non-hydrogen) atoms. The highest BCUT2D eigenvalue weighted by molar-refractivity contribution is 5.26. The quantitative estimate of drug-likeness (QED) is 0.863. The Labute approximate surface area is 124 Å². The summed E-state index contributed by atoms with van der Waals surface area (Å²) in [6.07, 6.45) is -0.862. The number of rotatable bonds is 4. The van der Waals surface area contributed by atoms with Crippen molar-refractivity contribution in [1.29, 1.82) is 0 Å². The van der Waals surface area contributed by atoms with Gasteiger partial charge >= 0.3 is 6.18 Å². The molecule has 0 spiro atoms. The first-order chi connectivity index (χ1) is 9.93. The van der Waals surface area contributed by atoms with E-state index in [2.05, 4.69) is 5.32 Å². The van der Waals surface area contributed by atoms with Crippen LogP contribution in [0.3, 0.4) is 0 Å². The molecule has 118 valence electrons. The van der Waals surface area contributed by atoms with Crippen molar-refractivity contribution < 1.29 is 13.2 Å². The van der Waals surface area contributed by atoms with Gasteiger partial charge in [-0.2, -0.15) is 13.2 Å². The van der Waals surface area contributed by atoms with Gasteiger partial charge in [0.05, 0.1) is 5.92 Å². The Morgan fingerprint density at radius 2 is 1.86 bits per heavy atom. The van der Waals surface area contributed by atoms with E-state index in [1.807, 2.05) is 31.2 Å². The molecular formula is C17H24F3N. The molecule has 0 radical (unpaired) electrons. The lowest BCUT2D eigenvalue weighted by atomic mass is 9.73. The number of halogens is 3. The second-order valence-electron chi connectivity index (χ2n) is 6.12. The molecule has 1 aromatic carbocycles. The van der Waals surface area contributed by atoms with Gasteiger partial charge in [-0.05, 0) is 50.3 Å². The van der Waals surface area contributed by atoms with Crippen LogP contribution in [0.25, 0.3) is 0 Å². The first-order valence-corrected chi connectivity index (χ1v) is 7.72. The molecule has 0 amide bonds. The van der Waals surface area contributed by atoms with Crippen molar-refractivity contribution in [3.05, 3.63) is 35.4 Å². The van der Waals surface area contributed by atoms with Crippen molar-refractivity contribution in [2.24, 2.45) is 11.8 Å². The van der Waals surface area contributed by atoms with Crippen LogP contribution in [0.2, 0.25) is 0 Å². The smallest absolute Gasteiger partial charge is 0.316 e. The zero-order valence-electron chi connectivity index (χ0n) is 12.7. The maximum atomic E-state index is 13.3. The fraction of sp³-hybridized carbons (Fsp3) is 0.647. The number of hydrogen-bond donors (Lipinski definition) is 1. The van der Waals surface area contributed by atoms with Gasteiger partial charge in [-0.1, -0.05) is 37.1 Å². The molecule has 1 N–H and O–H groups in total. The average Bonchev–Trinajstić information content (AvgIpc) is 2.45. The molecule has 3 atom stereocenters. The summed E-state index contributed by atoms with van der Waals surface area (Å²) in [6.45, 7) is 2.02. The monoisotopic (exact) mass is 299 g/mol. The van der Waals surface area contributed by atoms with Crippen molar-refractivity contribution in [3.63, 3.8) is 0 Å². The predicted octanol–water partition coefficient (Wildman–Crippen LogP) is 4.49.